The monoisotopic (exact) mass is 970 g/mol. The first-order chi connectivity index (χ1) is 31.6. The summed E-state index contributed by atoms with van der Waals surface area (Å²) >= 11 is 0. The van der Waals surface area contributed by atoms with Gasteiger partial charge in [-0.15, -0.1) is 0 Å². The largest absolute Gasteiger partial charge is 0.472 e. The van der Waals surface area contributed by atoms with E-state index in [-0.39, 0.29) is 25.0 Å². The first-order valence-electron chi connectivity index (χ1n) is 23.0. The maximum absolute atomic E-state index is 12.7. The molecule has 0 bridgehead atoms. The van der Waals surface area contributed by atoms with Gasteiger partial charge in [-0.2, -0.15) is 0 Å². The third kappa shape index (κ3) is 34.0. The molecule has 0 aromatic heterocycles. The zero-order chi connectivity index (χ0) is 48.9. The van der Waals surface area contributed by atoms with E-state index in [1.54, 1.807) is 12.2 Å². The van der Waals surface area contributed by atoms with Crippen molar-refractivity contribution in [1.29, 1.82) is 0 Å². The van der Waals surface area contributed by atoms with Crippen molar-refractivity contribution in [3.8, 4) is 0 Å². The summed E-state index contributed by atoms with van der Waals surface area (Å²) < 4.78 is 47.7. The van der Waals surface area contributed by atoms with Crippen LogP contribution in [0.15, 0.2) is 97.2 Å². The van der Waals surface area contributed by atoms with Gasteiger partial charge in [-0.3, -0.25) is 28.0 Å². The summed E-state index contributed by atoms with van der Waals surface area (Å²) in [6, 6.07) is 0. The first-order valence-corrected chi connectivity index (χ1v) is 26.1. The molecule has 0 aliphatic heterocycles. The van der Waals surface area contributed by atoms with Crippen LogP contribution in [0.25, 0.3) is 0 Å². The summed E-state index contributed by atoms with van der Waals surface area (Å²) in [7, 11) is -9.81. The SMILES string of the molecule is CC/C=C\C/C=C\C/C=C\C/C=C\C/C=C\C/C=C\CCC(=O)O[C@H](COC(=O)CCC/C=C\C[C@H]1C(=O)C[C@@H](O)[C@@H]1/C=C/[C@@H](O)CCCCC)COP(=O)(O)OC[C@@H](O)COP(=O)(O)O. The van der Waals surface area contributed by atoms with Crippen molar-refractivity contribution in [2.75, 3.05) is 26.4 Å². The highest BCUT2D eigenvalue weighted by atomic mass is 31.2. The van der Waals surface area contributed by atoms with Crippen LogP contribution in [0.4, 0.5) is 0 Å². The molecule has 1 unspecified atom stereocenters. The Kier molecular flexibility index (Phi) is 34.5. The predicted octanol–water partition coefficient (Wildman–Crippen LogP) is 8.70. The molecule has 374 valence electrons. The Morgan fingerprint density at radius 2 is 1.24 bits per heavy atom. The molecule has 1 rings (SSSR count). The lowest BCUT2D eigenvalue weighted by Gasteiger charge is -2.20. The molecule has 0 aromatic rings. The van der Waals surface area contributed by atoms with Crippen LogP contribution in [-0.2, 0) is 46.6 Å². The molecule has 1 fully saturated rings. The van der Waals surface area contributed by atoms with E-state index >= 15 is 0 Å². The van der Waals surface area contributed by atoms with E-state index in [9.17, 15) is 43.7 Å². The average Bonchev–Trinajstić information content (AvgIpc) is 3.54. The fraction of sp³-hybridized carbons (Fsp3) is 0.604. The number of carbonyl (C=O) groups is 3. The van der Waals surface area contributed by atoms with Gasteiger partial charge in [0, 0.05) is 31.1 Å². The molecule has 0 saturated heterocycles. The minimum Gasteiger partial charge on any atom is -0.462 e. The lowest BCUT2D eigenvalue weighted by molar-refractivity contribution is -0.161. The highest BCUT2D eigenvalue weighted by Crippen LogP contribution is 2.44. The predicted molar refractivity (Wildman–Crippen MR) is 254 cm³/mol. The average molecular weight is 971 g/mol. The van der Waals surface area contributed by atoms with Gasteiger partial charge >= 0.3 is 27.6 Å². The van der Waals surface area contributed by atoms with Crippen molar-refractivity contribution in [3.05, 3.63) is 97.2 Å². The van der Waals surface area contributed by atoms with Crippen LogP contribution in [0.1, 0.15) is 123 Å². The summed E-state index contributed by atoms with van der Waals surface area (Å²) in [6.07, 6.45) is 37.8. The minimum absolute atomic E-state index is 0.0208. The Hall–Kier alpha value is -3.37. The van der Waals surface area contributed by atoms with Crippen molar-refractivity contribution < 1.29 is 76.6 Å². The zero-order valence-corrected chi connectivity index (χ0v) is 40.5. The zero-order valence-electron chi connectivity index (χ0n) is 38.7. The topological polar surface area (TPSA) is 253 Å². The number of hydrogen-bond acceptors (Lipinski definition) is 13. The number of phosphoric acid groups is 2. The number of phosphoric ester groups is 2. The van der Waals surface area contributed by atoms with Gasteiger partial charge in [-0.05, 0) is 70.6 Å². The number of aliphatic hydroxyl groups excluding tert-OH is 3. The highest BCUT2D eigenvalue weighted by molar-refractivity contribution is 7.47. The maximum Gasteiger partial charge on any atom is 0.472 e. The fourth-order valence-electron chi connectivity index (χ4n) is 6.29. The normalized spacial score (nSPS) is 19.8. The molecular formula is C48H76O16P2. The number of Topliss-reactive ketones (excluding diaryl/α,β-unsaturated/α-hetero) is 1. The van der Waals surface area contributed by atoms with E-state index in [2.05, 4.69) is 71.5 Å². The number of hydrogen-bond donors (Lipinski definition) is 6. The van der Waals surface area contributed by atoms with Crippen molar-refractivity contribution >= 4 is 33.4 Å². The van der Waals surface area contributed by atoms with Crippen LogP contribution in [0.3, 0.4) is 0 Å². The molecule has 0 amide bonds. The summed E-state index contributed by atoms with van der Waals surface area (Å²) in [5, 5.41) is 30.5. The summed E-state index contributed by atoms with van der Waals surface area (Å²) in [6.45, 7) is 1.14. The van der Waals surface area contributed by atoms with E-state index in [1.165, 1.54) is 0 Å². The highest BCUT2D eigenvalue weighted by Gasteiger charge is 2.39. The second kappa shape index (κ2) is 37.6. The molecule has 0 aromatic carbocycles. The molecule has 66 heavy (non-hydrogen) atoms. The van der Waals surface area contributed by atoms with Crippen LogP contribution in [0.5, 0.6) is 0 Å². The third-order valence-electron chi connectivity index (χ3n) is 9.83. The van der Waals surface area contributed by atoms with E-state index in [4.69, 9.17) is 23.8 Å². The van der Waals surface area contributed by atoms with Crippen LogP contribution >= 0.6 is 15.6 Å². The number of aliphatic hydroxyl groups is 3. The summed E-state index contributed by atoms with van der Waals surface area (Å²) in [5.74, 6) is -2.20. The number of ketones is 1. The van der Waals surface area contributed by atoms with Crippen LogP contribution in [0, 0.1) is 11.8 Å². The Bertz CT molecular complexity index is 1690. The Labute approximate surface area is 391 Å². The lowest BCUT2D eigenvalue weighted by Crippen LogP contribution is -2.29. The van der Waals surface area contributed by atoms with Gasteiger partial charge in [0.15, 0.2) is 6.10 Å². The van der Waals surface area contributed by atoms with Crippen LogP contribution in [-0.4, -0.2) is 98.6 Å². The molecular weight excluding hydrogens is 894 g/mol. The Morgan fingerprint density at radius 3 is 1.83 bits per heavy atom. The number of carbonyl (C=O) groups excluding carboxylic acids is 3. The molecule has 6 N–H and O–H groups in total. The Morgan fingerprint density at radius 1 is 0.682 bits per heavy atom. The second-order valence-corrected chi connectivity index (χ2v) is 18.4. The van der Waals surface area contributed by atoms with Gasteiger partial charge in [0.2, 0.25) is 0 Å². The van der Waals surface area contributed by atoms with Crippen LogP contribution in [0.2, 0.25) is 0 Å². The summed E-state index contributed by atoms with van der Waals surface area (Å²) in [5.41, 5.74) is 0. The molecule has 0 spiro atoms. The summed E-state index contributed by atoms with van der Waals surface area (Å²) in [4.78, 5) is 65.5. The van der Waals surface area contributed by atoms with Gasteiger partial charge in [-0.1, -0.05) is 130 Å². The Balaban J connectivity index is 2.61. The maximum atomic E-state index is 12.7. The van der Waals surface area contributed by atoms with Gasteiger partial charge in [0.05, 0.1) is 32.0 Å². The lowest BCUT2D eigenvalue weighted by atomic mass is 9.90. The van der Waals surface area contributed by atoms with E-state index in [1.807, 2.05) is 36.5 Å². The van der Waals surface area contributed by atoms with E-state index in [0.717, 1.165) is 51.4 Å². The smallest absolute Gasteiger partial charge is 0.462 e. The molecule has 18 heteroatoms. The van der Waals surface area contributed by atoms with E-state index in [0.29, 0.717) is 38.5 Å². The fourth-order valence-corrected chi connectivity index (χ4v) is 7.45. The molecule has 0 radical (unpaired) electrons. The molecule has 1 saturated carbocycles. The number of ether oxygens (including phenoxy) is 2. The van der Waals surface area contributed by atoms with Gasteiger partial charge in [-0.25, -0.2) is 9.13 Å². The van der Waals surface area contributed by atoms with Crippen molar-refractivity contribution in [3.63, 3.8) is 0 Å². The van der Waals surface area contributed by atoms with Crippen LogP contribution < -0.4 is 0 Å². The second-order valence-electron chi connectivity index (χ2n) is 15.7. The third-order valence-corrected chi connectivity index (χ3v) is 11.3. The molecule has 16 nitrogen and oxygen atoms in total. The van der Waals surface area contributed by atoms with Crippen molar-refractivity contribution in [2.45, 2.75) is 147 Å². The van der Waals surface area contributed by atoms with Gasteiger partial charge in [0.1, 0.15) is 18.5 Å². The molecule has 0 heterocycles. The molecule has 1 aliphatic rings. The first kappa shape index (κ1) is 60.6. The van der Waals surface area contributed by atoms with Crippen molar-refractivity contribution in [1.82, 2.24) is 0 Å². The van der Waals surface area contributed by atoms with Crippen molar-refractivity contribution in [2.24, 2.45) is 11.8 Å². The van der Waals surface area contributed by atoms with Gasteiger partial charge < -0.3 is 39.5 Å². The number of rotatable bonds is 38. The van der Waals surface area contributed by atoms with Gasteiger partial charge in [0.25, 0.3) is 0 Å². The minimum atomic E-state index is -4.91. The standard InChI is InChI=1S/C48H76O16P2/c1-3-5-7-8-9-10-11-12-13-14-15-16-17-18-19-20-21-22-28-32-48(54)64-42(39-63-66(58,59)62-37-41(50)36-61-65(55,56)57)38-60-47(53)31-27-24-23-26-30-43-44(46(52)35-45(43)51)34-33-40(49)29-25-6-4-2/h5,7,9-10,12-13,15-16,18-19,21-23,26,33-34,40-44,46,49-50,52H,3-4,6,8,11,14,17,20,24-25,27-32,35-39H2,1-2H3,(H,58,59)(H2,55,56,57)/b7-5-,10-9-,13-12-,16-15-,19-18-,22-21-,26-23-,34-33+/t40-,41-,42+,43+,44+,46+/m0/s1. The number of unbranched alkanes of at least 4 members (excludes halogenated alkanes) is 3. The number of allylic oxidation sites excluding steroid dienone is 14. The number of esters is 2. The molecule has 7 atom stereocenters. The molecule has 1 aliphatic carbocycles. The van der Waals surface area contributed by atoms with E-state index < -0.39 is 90.3 Å². The quantitative estimate of drug-likeness (QED) is 0.0146.